The summed E-state index contributed by atoms with van der Waals surface area (Å²) in [5.41, 5.74) is -2.54. The van der Waals surface area contributed by atoms with Gasteiger partial charge in [-0.1, -0.05) is 110 Å². The molecule has 6 nitrogen and oxygen atoms in total. The van der Waals surface area contributed by atoms with Crippen LogP contribution in [0, 0.1) is 0 Å². The number of carbonyl (C=O) groups excluding carboxylic acids is 2. The van der Waals surface area contributed by atoms with E-state index in [0.717, 1.165) is 0 Å². The highest BCUT2D eigenvalue weighted by Crippen LogP contribution is 2.33. The second-order valence-corrected chi connectivity index (χ2v) is 15.4. The SMILES string of the molecule is CCCCCCCC[NH+](CCCCCCCC)CCCCCCCC.O=C1NC(=O)NP(=S)([S-])N1. The van der Waals surface area contributed by atoms with E-state index >= 15 is 0 Å². The first-order valence-electron chi connectivity index (χ1n) is 14.4. The van der Waals surface area contributed by atoms with Crippen LogP contribution in [0.5, 0.6) is 0 Å². The number of unbranched alkanes of at least 4 members (excludes halogenated alkanes) is 15. The third-order valence-electron chi connectivity index (χ3n) is 6.38. The maximum absolute atomic E-state index is 10.5. The third-order valence-corrected chi connectivity index (χ3v) is 8.47. The van der Waals surface area contributed by atoms with E-state index in [9.17, 15) is 9.59 Å². The summed E-state index contributed by atoms with van der Waals surface area (Å²) in [7, 11) is 0. The second-order valence-electron chi connectivity index (χ2n) is 9.86. The first-order valence-corrected chi connectivity index (χ1v) is 18.2. The van der Waals surface area contributed by atoms with Crippen molar-refractivity contribution in [2.75, 3.05) is 19.6 Å². The number of quaternary nitrogens is 1. The fraction of sp³-hybridized carbons (Fsp3) is 0.923. The van der Waals surface area contributed by atoms with Crippen LogP contribution in [0.3, 0.4) is 0 Å². The Kier molecular flexibility index (Phi) is 23.9. The molecule has 1 aliphatic rings. The molecule has 0 atom stereocenters. The largest absolute Gasteiger partial charge is 0.705 e. The van der Waals surface area contributed by atoms with Gasteiger partial charge in [-0.25, -0.2) is 9.59 Å². The van der Waals surface area contributed by atoms with E-state index in [4.69, 9.17) is 0 Å². The Morgan fingerprint density at radius 1 is 0.600 bits per heavy atom. The minimum Gasteiger partial charge on any atom is -0.705 e. The van der Waals surface area contributed by atoms with Crippen LogP contribution in [-0.2, 0) is 24.1 Å². The van der Waals surface area contributed by atoms with Crippen molar-refractivity contribution in [1.82, 2.24) is 15.5 Å². The summed E-state index contributed by atoms with van der Waals surface area (Å²) < 4.78 is 0. The van der Waals surface area contributed by atoms with Gasteiger partial charge in [0.05, 0.1) is 19.6 Å². The molecule has 1 fully saturated rings. The average molecular weight is 551 g/mol. The molecule has 0 saturated carbocycles. The number of nitrogens with one attached hydrogen (secondary N) is 4. The summed E-state index contributed by atoms with van der Waals surface area (Å²) in [5.74, 6) is 0. The Balaban J connectivity index is 0.000000952. The van der Waals surface area contributed by atoms with E-state index in [-0.39, 0.29) is 0 Å². The number of imide groups is 1. The highest BCUT2D eigenvalue weighted by molar-refractivity contribution is 8.54. The smallest absolute Gasteiger partial charge is 0.326 e. The van der Waals surface area contributed by atoms with Crippen LogP contribution in [0.2, 0.25) is 0 Å². The summed E-state index contributed by atoms with van der Waals surface area (Å²) in [5, 5.41) is 6.42. The zero-order chi connectivity index (χ0) is 26.2. The zero-order valence-electron chi connectivity index (χ0n) is 22.9. The maximum atomic E-state index is 10.5. The summed E-state index contributed by atoms with van der Waals surface area (Å²) in [6.45, 7) is 11.3. The molecule has 0 bridgehead atoms. The molecule has 0 radical (unpaired) electrons. The molecule has 1 heterocycles. The zero-order valence-corrected chi connectivity index (χ0v) is 25.5. The van der Waals surface area contributed by atoms with Gasteiger partial charge < -0.3 is 27.3 Å². The molecular formula is C26H55N4O2PS2. The van der Waals surface area contributed by atoms with Crippen molar-refractivity contribution in [3.05, 3.63) is 0 Å². The van der Waals surface area contributed by atoms with E-state index < -0.39 is 17.6 Å². The number of carbonyl (C=O) groups is 2. The average Bonchev–Trinajstić information content (AvgIpc) is 2.79. The van der Waals surface area contributed by atoms with Crippen molar-refractivity contribution in [3.63, 3.8) is 0 Å². The van der Waals surface area contributed by atoms with Gasteiger partial charge in [-0.2, -0.15) is 0 Å². The van der Waals surface area contributed by atoms with Gasteiger partial charge in [0.15, 0.2) is 0 Å². The Hall–Kier alpha value is -0.300. The first kappa shape index (κ1) is 34.7. The molecule has 0 aromatic rings. The molecule has 0 aromatic heterocycles. The van der Waals surface area contributed by atoms with E-state index in [1.165, 1.54) is 135 Å². The molecule has 0 aromatic carbocycles. The normalized spacial score (nSPS) is 14.7. The van der Waals surface area contributed by atoms with Crippen molar-refractivity contribution in [1.29, 1.82) is 0 Å². The van der Waals surface area contributed by atoms with Gasteiger partial charge in [0.25, 0.3) is 0 Å². The lowest BCUT2D eigenvalue weighted by atomic mass is 10.1. The molecule has 208 valence electrons. The van der Waals surface area contributed by atoms with Gasteiger partial charge in [0.2, 0.25) is 0 Å². The van der Waals surface area contributed by atoms with Crippen LogP contribution < -0.4 is 20.4 Å². The lowest BCUT2D eigenvalue weighted by molar-refractivity contribution is -0.900. The lowest BCUT2D eigenvalue weighted by Crippen LogP contribution is -3.12. The minimum atomic E-state index is -2.54. The molecular weight excluding hydrogens is 495 g/mol. The van der Waals surface area contributed by atoms with Gasteiger partial charge in [0, 0.05) is 0 Å². The van der Waals surface area contributed by atoms with Crippen LogP contribution in [0.4, 0.5) is 9.59 Å². The molecule has 4 N–H and O–H groups in total. The van der Waals surface area contributed by atoms with Crippen molar-refractivity contribution >= 4 is 41.7 Å². The Morgan fingerprint density at radius 2 is 0.886 bits per heavy atom. The molecule has 1 aliphatic heterocycles. The van der Waals surface area contributed by atoms with E-state index in [1.54, 1.807) is 0 Å². The highest BCUT2D eigenvalue weighted by atomic mass is 32.9. The van der Waals surface area contributed by atoms with Crippen LogP contribution >= 0.6 is 5.54 Å². The Bertz CT molecular complexity index is 524. The van der Waals surface area contributed by atoms with Gasteiger partial charge in [-0.05, 0) is 44.1 Å². The van der Waals surface area contributed by atoms with Crippen LogP contribution in [-0.4, -0.2) is 31.7 Å². The number of urea groups is 2. The Morgan fingerprint density at radius 3 is 1.17 bits per heavy atom. The van der Waals surface area contributed by atoms with Crippen molar-refractivity contribution < 1.29 is 14.5 Å². The van der Waals surface area contributed by atoms with Crippen LogP contribution in [0.15, 0.2) is 0 Å². The Labute approximate surface area is 227 Å². The lowest BCUT2D eigenvalue weighted by Gasteiger charge is -2.33. The quantitative estimate of drug-likeness (QED) is 0.0726. The summed E-state index contributed by atoms with van der Waals surface area (Å²) >= 11 is 9.34. The predicted octanol–water partition coefficient (Wildman–Crippen LogP) is 6.73. The molecule has 0 aliphatic carbocycles. The first-order chi connectivity index (χ1) is 16.8. The highest BCUT2D eigenvalue weighted by Gasteiger charge is 2.17. The van der Waals surface area contributed by atoms with Gasteiger partial charge in [-0.15, -0.1) is 0 Å². The molecule has 35 heavy (non-hydrogen) atoms. The fourth-order valence-electron chi connectivity index (χ4n) is 4.30. The number of hydrogen-bond acceptors (Lipinski definition) is 4. The van der Waals surface area contributed by atoms with E-state index in [0.29, 0.717) is 0 Å². The maximum Gasteiger partial charge on any atom is 0.326 e. The molecule has 1 rings (SSSR count). The van der Waals surface area contributed by atoms with E-state index in [1.807, 2.05) is 10.2 Å². The van der Waals surface area contributed by atoms with Crippen LogP contribution in [0.25, 0.3) is 0 Å². The summed E-state index contributed by atoms with van der Waals surface area (Å²) in [6, 6.07) is -1.25. The van der Waals surface area contributed by atoms with Crippen molar-refractivity contribution in [2.45, 2.75) is 136 Å². The standard InChI is InChI=1S/C24H51N.C2H4N3O2PS2/c1-4-7-10-13-16-19-22-25(23-20-17-14-11-8-5-2)24-21-18-15-12-9-6-3;6-1-3-2(7)5-8(9,10)4-1/h4-24H2,1-3H3;(H4,3,4,5,6,7,9,10). The monoisotopic (exact) mass is 550 g/mol. The molecule has 9 heteroatoms. The molecule has 0 spiro atoms. The molecule has 1 saturated heterocycles. The topological polar surface area (TPSA) is 74.7 Å². The van der Waals surface area contributed by atoms with Gasteiger partial charge in [-0.3, -0.25) is 5.32 Å². The minimum absolute atomic E-state index is 0.623. The number of hydrogen-bond donors (Lipinski definition) is 4. The third kappa shape index (κ3) is 23.8. The van der Waals surface area contributed by atoms with Crippen molar-refractivity contribution in [2.24, 2.45) is 0 Å². The van der Waals surface area contributed by atoms with Gasteiger partial charge in [0.1, 0.15) is 0 Å². The summed E-state index contributed by atoms with van der Waals surface area (Å²) in [6.07, 6.45) is 26.0. The summed E-state index contributed by atoms with van der Waals surface area (Å²) in [4.78, 5) is 22.9. The molecule has 0 unspecified atom stereocenters. The van der Waals surface area contributed by atoms with E-state index in [2.05, 4.69) is 55.0 Å². The van der Waals surface area contributed by atoms with Gasteiger partial charge >= 0.3 is 12.1 Å². The fourth-order valence-corrected chi connectivity index (χ4v) is 5.99. The number of rotatable bonds is 21. The van der Waals surface area contributed by atoms with Crippen LogP contribution in [0.1, 0.15) is 136 Å². The predicted molar refractivity (Wildman–Crippen MR) is 158 cm³/mol. The van der Waals surface area contributed by atoms with Crippen molar-refractivity contribution in [3.8, 4) is 0 Å². The second kappa shape index (κ2) is 24.1. The number of amides is 4. The molecule has 4 amide bonds.